The zero-order valence-corrected chi connectivity index (χ0v) is 15.7. The fourth-order valence-electron chi connectivity index (χ4n) is 2.95. The first-order chi connectivity index (χ1) is 12.4. The van der Waals surface area contributed by atoms with E-state index in [1.807, 2.05) is 32.0 Å². The van der Waals surface area contributed by atoms with Gasteiger partial charge in [0.25, 0.3) is 0 Å². The van der Waals surface area contributed by atoms with Gasteiger partial charge in [-0.15, -0.1) is 10.2 Å². The summed E-state index contributed by atoms with van der Waals surface area (Å²) >= 11 is 0. The van der Waals surface area contributed by atoms with Gasteiger partial charge in [0.15, 0.2) is 6.10 Å². The van der Waals surface area contributed by atoms with Gasteiger partial charge in [-0.25, -0.2) is 0 Å². The number of carbonyl (C=O) groups is 1. The summed E-state index contributed by atoms with van der Waals surface area (Å²) in [5.74, 6) is 1.72. The molecule has 0 aliphatic carbocycles. The van der Waals surface area contributed by atoms with Crippen LogP contribution in [0.15, 0.2) is 22.6 Å². The third-order valence-corrected chi connectivity index (χ3v) is 4.49. The molecule has 26 heavy (non-hydrogen) atoms. The molecule has 1 aromatic heterocycles. The number of carbonyl (C=O) groups excluding carboxylic acids is 1. The summed E-state index contributed by atoms with van der Waals surface area (Å²) in [5.41, 5.74) is 2.39. The summed E-state index contributed by atoms with van der Waals surface area (Å²) in [6, 6.07) is 5.94. The van der Waals surface area contributed by atoms with Crippen LogP contribution in [0.4, 0.5) is 0 Å². The molecule has 3 rings (SSSR count). The van der Waals surface area contributed by atoms with Crippen LogP contribution in [0, 0.1) is 20.8 Å². The second-order valence-corrected chi connectivity index (χ2v) is 6.74. The van der Waals surface area contributed by atoms with E-state index in [2.05, 4.69) is 17.1 Å². The summed E-state index contributed by atoms with van der Waals surface area (Å²) in [4.78, 5) is 14.3. The van der Waals surface area contributed by atoms with Gasteiger partial charge in [-0.2, -0.15) is 0 Å². The Balaban J connectivity index is 1.54. The van der Waals surface area contributed by atoms with Crippen molar-refractivity contribution in [2.45, 2.75) is 46.3 Å². The predicted molar refractivity (Wildman–Crippen MR) is 94.9 cm³/mol. The third kappa shape index (κ3) is 4.40. The number of morpholine rings is 1. The van der Waals surface area contributed by atoms with Crippen molar-refractivity contribution in [1.29, 1.82) is 0 Å². The highest BCUT2D eigenvalue weighted by Crippen LogP contribution is 2.25. The SMILES string of the molecule is Cc1nnc([C@H]2CN(C(=O)CCOc3ccc(C)c(C)c3)C[C@@H](C)O2)o1. The van der Waals surface area contributed by atoms with Gasteiger partial charge in [-0.1, -0.05) is 6.07 Å². The van der Waals surface area contributed by atoms with Gasteiger partial charge >= 0.3 is 0 Å². The van der Waals surface area contributed by atoms with Crippen LogP contribution in [0.25, 0.3) is 0 Å². The molecule has 2 atom stereocenters. The molecule has 1 aromatic carbocycles. The first-order valence-corrected chi connectivity index (χ1v) is 8.85. The van der Waals surface area contributed by atoms with Crippen LogP contribution in [-0.2, 0) is 9.53 Å². The minimum absolute atomic E-state index is 0.0326. The van der Waals surface area contributed by atoms with E-state index in [1.165, 1.54) is 11.1 Å². The molecule has 1 aliphatic heterocycles. The predicted octanol–water partition coefficient (Wildman–Crippen LogP) is 2.75. The molecular formula is C19H25N3O4. The maximum atomic E-state index is 12.6. The Morgan fingerprint density at radius 2 is 2.04 bits per heavy atom. The molecule has 0 saturated carbocycles. The van der Waals surface area contributed by atoms with Crippen LogP contribution >= 0.6 is 0 Å². The molecule has 140 valence electrons. The highest BCUT2D eigenvalue weighted by atomic mass is 16.5. The average Bonchev–Trinajstić information content (AvgIpc) is 3.04. The van der Waals surface area contributed by atoms with Gasteiger partial charge in [0.05, 0.1) is 25.7 Å². The lowest BCUT2D eigenvalue weighted by Crippen LogP contribution is -2.46. The minimum atomic E-state index is -0.385. The smallest absolute Gasteiger partial charge is 0.247 e. The first-order valence-electron chi connectivity index (χ1n) is 8.85. The Labute approximate surface area is 153 Å². The van der Waals surface area contributed by atoms with E-state index in [-0.39, 0.29) is 18.1 Å². The number of aromatic nitrogens is 2. The van der Waals surface area contributed by atoms with E-state index >= 15 is 0 Å². The molecule has 0 radical (unpaired) electrons. The van der Waals surface area contributed by atoms with E-state index in [1.54, 1.807) is 11.8 Å². The monoisotopic (exact) mass is 359 g/mol. The van der Waals surface area contributed by atoms with Crippen molar-refractivity contribution in [3.63, 3.8) is 0 Å². The van der Waals surface area contributed by atoms with Gasteiger partial charge < -0.3 is 18.8 Å². The number of nitrogens with zero attached hydrogens (tertiary/aromatic N) is 3. The van der Waals surface area contributed by atoms with Gasteiger partial charge in [0, 0.05) is 13.5 Å². The summed E-state index contributed by atoms with van der Waals surface area (Å²) in [5, 5.41) is 7.84. The molecule has 1 aliphatic rings. The zero-order chi connectivity index (χ0) is 18.7. The number of benzene rings is 1. The van der Waals surface area contributed by atoms with Crippen molar-refractivity contribution in [2.75, 3.05) is 19.7 Å². The van der Waals surface area contributed by atoms with Crippen molar-refractivity contribution < 1.29 is 18.7 Å². The van der Waals surface area contributed by atoms with Crippen molar-refractivity contribution in [2.24, 2.45) is 0 Å². The molecule has 2 aromatic rings. The molecular weight excluding hydrogens is 334 g/mol. The van der Waals surface area contributed by atoms with E-state index in [4.69, 9.17) is 13.9 Å². The second kappa shape index (κ2) is 7.86. The Bertz CT molecular complexity index is 774. The van der Waals surface area contributed by atoms with Crippen molar-refractivity contribution >= 4 is 5.91 Å². The molecule has 1 fully saturated rings. The van der Waals surface area contributed by atoms with E-state index in [0.717, 1.165) is 5.75 Å². The number of ether oxygens (including phenoxy) is 2. The Morgan fingerprint density at radius 3 is 2.73 bits per heavy atom. The fraction of sp³-hybridized carbons (Fsp3) is 0.526. The van der Waals surface area contributed by atoms with E-state index in [0.29, 0.717) is 37.9 Å². The van der Waals surface area contributed by atoms with Crippen LogP contribution < -0.4 is 4.74 Å². The number of rotatable bonds is 5. The molecule has 0 N–H and O–H groups in total. The Hall–Kier alpha value is -2.41. The Kier molecular flexibility index (Phi) is 5.56. The molecule has 1 amide bonds. The molecule has 7 heteroatoms. The van der Waals surface area contributed by atoms with Crippen LogP contribution in [-0.4, -0.2) is 46.8 Å². The molecule has 7 nitrogen and oxygen atoms in total. The summed E-state index contributed by atoms with van der Waals surface area (Å²) in [6.07, 6.45) is -0.162. The van der Waals surface area contributed by atoms with Gasteiger partial charge in [-0.05, 0) is 44.0 Å². The van der Waals surface area contributed by atoms with Crippen LogP contribution in [0.1, 0.15) is 42.4 Å². The lowest BCUT2D eigenvalue weighted by atomic mass is 10.1. The van der Waals surface area contributed by atoms with Crippen molar-refractivity contribution in [3.05, 3.63) is 41.1 Å². The number of hydrogen-bond acceptors (Lipinski definition) is 6. The fourth-order valence-corrected chi connectivity index (χ4v) is 2.95. The highest BCUT2D eigenvalue weighted by molar-refractivity contribution is 5.76. The topological polar surface area (TPSA) is 77.7 Å². The molecule has 2 heterocycles. The zero-order valence-electron chi connectivity index (χ0n) is 15.7. The van der Waals surface area contributed by atoms with Crippen molar-refractivity contribution in [3.8, 4) is 5.75 Å². The van der Waals surface area contributed by atoms with Crippen molar-refractivity contribution in [1.82, 2.24) is 15.1 Å². The number of hydrogen-bond donors (Lipinski definition) is 0. The maximum absolute atomic E-state index is 12.6. The number of amides is 1. The molecule has 1 saturated heterocycles. The lowest BCUT2D eigenvalue weighted by molar-refractivity contribution is -0.147. The summed E-state index contributed by atoms with van der Waals surface area (Å²) < 4.78 is 17.0. The molecule has 0 spiro atoms. The maximum Gasteiger partial charge on any atom is 0.247 e. The summed E-state index contributed by atoms with van der Waals surface area (Å²) in [6.45, 7) is 9.07. The highest BCUT2D eigenvalue weighted by Gasteiger charge is 2.32. The lowest BCUT2D eigenvalue weighted by Gasteiger charge is -2.35. The average molecular weight is 359 g/mol. The van der Waals surface area contributed by atoms with Gasteiger partial charge in [-0.3, -0.25) is 4.79 Å². The summed E-state index contributed by atoms with van der Waals surface area (Å²) in [7, 11) is 0. The normalized spacial score (nSPS) is 20.2. The first kappa shape index (κ1) is 18.4. The quantitative estimate of drug-likeness (QED) is 0.817. The second-order valence-electron chi connectivity index (χ2n) is 6.74. The standard InChI is InChI=1S/C19H25N3O4/c1-12-5-6-16(9-13(12)2)24-8-7-18(23)22-10-14(3)25-17(11-22)19-21-20-15(4)26-19/h5-6,9,14,17H,7-8,10-11H2,1-4H3/t14-,17-/m1/s1. The van der Waals surface area contributed by atoms with Crippen LogP contribution in [0.5, 0.6) is 5.75 Å². The van der Waals surface area contributed by atoms with Gasteiger partial charge in [0.1, 0.15) is 5.75 Å². The van der Waals surface area contributed by atoms with Crippen LogP contribution in [0.2, 0.25) is 0 Å². The Morgan fingerprint density at radius 1 is 1.23 bits per heavy atom. The third-order valence-electron chi connectivity index (χ3n) is 4.49. The number of aryl methyl sites for hydroxylation is 3. The van der Waals surface area contributed by atoms with E-state index in [9.17, 15) is 4.79 Å². The van der Waals surface area contributed by atoms with Crippen LogP contribution in [0.3, 0.4) is 0 Å². The largest absolute Gasteiger partial charge is 0.493 e. The van der Waals surface area contributed by atoms with E-state index < -0.39 is 0 Å². The molecule has 0 bridgehead atoms. The minimum Gasteiger partial charge on any atom is -0.493 e. The molecule has 0 unspecified atom stereocenters. The van der Waals surface area contributed by atoms with Gasteiger partial charge in [0.2, 0.25) is 17.7 Å².